The predicted octanol–water partition coefficient (Wildman–Crippen LogP) is 5.66. The number of carboxylic acid groups (broad SMARTS) is 1. The number of aliphatic carboxylic acids is 1. The fourth-order valence-electron chi connectivity index (χ4n) is 3.67. The van der Waals surface area contributed by atoms with Gasteiger partial charge in [-0.15, -0.1) is 0 Å². The molecule has 4 rings (SSSR count). The Morgan fingerprint density at radius 3 is 2.48 bits per heavy atom. The van der Waals surface area contributed by atoms with Crippen LogP contribution in [0, 0.1) is 6.92 Å². The maximum absolute atomic E-state index is 11.4. The first-order valence-electron chi connectivity index (χ1n) is 11.1. The van der Waals surface area contributed by atoms with E-state index in [1.807, 2.05) is 62.5 Å². The SMILES string of the molecule is CCc1coc(-c2ccc(OCCCOc3ccc4c(c3)c(C)cn4C(C)C(=O)O)cc2)n1. The quantitative estimate of drug-likeness (QED) is 0.315. The number of aryl methyl sites for hydroxylation is 2. The molecule has 0 aliphatic rings. The third-order valence-electron chi connectivity index (χ3n) is 5.62. The van der Waals surface area contributed by atoms with Crippen molar-refractivity contribution in [2.24, 2.45) is 0 Å². The monoisotopic (exact) mass is 448 g/mol. The molecule has 0 amide bonds. The van der Waals surface area contributed by atoms with Crippen LogP contribution in [0.25, 0.3) is 22.4 Å². The van der Waals surface area contributed by atoms with Gasteiger partial charge >= 0.3 is 5.97 Å². The highest BCUT2D eigenvalue weighted by molar-refractivity contribution is 5.87. The van der Waals surface area contributed by atoms with E-state index in [2.05, 4.69) is 4.98 Å². The molecule has 0 spiro atoms. The van der Waals surface area contributed by atoms with Crippen molar-refractivity contribution in [2.45, 2.75) is 39.7 Å². The van der Waals surface area contributed by atoms with Gasteiger partial charge in [-0.25, -0.2) is 9.78 Å². The van der Waals surface area contributed by atoms with Gasteiger partial charge < -0.3 is 23.6 Å². The Hall–Kier alpha value is -3.74. The highest BCUT2D eigenvalue weighted by atomic mass is 16.5. The second-order valence-corrected chi connectivity index (χ2v) is 7.98. The summed E-state index contributed by atoms with van der Waals surface area (Å²) in [6.07, 6.45) is 5.13. The van der Waals surface area contributed by atoms with Crippen molar-refractivity contribution >= 4 is 16.9 Å². The average Bonchev–Trinajstić information content (AvgIpc) is 3.43. The van der Waals surface area contributed by atoms with Gasteiger partial charge in [0.2, 0.25) is 5.89 Å². The summed E-state index contributed by atoms with van der Waals surface area (Å²) in [5.74, 6) is 1.30. The lowest BCUT2D eigenvalue weighted by Gasteiger charge is -2.11. The smallest absolute Gasteiger partial charge is 0.326 e. The van der Waals surface area contributed by atoms with Gasteiger partial charge in [-0.05, 0) is 68.3 Å². The zero-order valence-electron chi connectivity index (χ0n) is 19.1. The molecule has 0 aliphatic carbocycles. The number of benzene rings is 2. The van der Waals surface area contributed by atoms with E-state index in [1.54, 1.807) is 17.8 Å². The third-order valence-corrected chi connectivity index (χ3v) is 5.62. The van der Waals surface area contributed by atoms with Crippen molar-refractivity contribution in [3.05, 3.63) is 66.2 Å². The van der Waals surface area contributed by atoms with Gasteiger partial charge in [0.05, 0.1) is 18.9 Å². The molecule has 172 valence electrons. The Balaban J connectivity index is 1.27. The van der Waals surface area contributed by atoms with Crippen LogP contribution in [0.1, 0.15) is 37.6 Å². The summed E-state index contributed by atoms with van der Waals surface area (Å²) in [7, 11) is 0. The topological polar surface area (TPSA) is 86.7 Å². The van der Waals surface area contributed by atoms with E-state index in [0.717, 1.165) is 52.1 Å². The van der Waals surface area contributed by atoms with E-state index in [9.17, 15) is 9.90 Å². The van der Waals surface area contributed by atoms with Gasteiger partial charge in [0, 0.05) is 29.1 Å². The summed E-state index contributed by atoms with van der Waals surface area (Å²) in [4.78, 5) is 15.8. The Morgan fingerprint density at radius 2 is 1.82 bits per heavy atom. The number of oxazole rings is 1. The lowest BCUT2D eigenvalue weighted by Crippen LogP contribution is -2.14. The second kappa shape index (κ2) is 9.81. The van der Waals surface area contributed by atoms with Crippen LogP contribution in [-0.4, -0.2) is 33.8 Å². The van der Waals surface area contributed by atoms with Crippen molar-refractivity contribution < 1.29 is 23.8 Å². The number of rotatable bonds is 10. The molecule has 1 unspecified atom stereocenters. The summed E-state index contributed by atoms with van der Waals surface area (Å²) in [6.45, 7) is 6.74. The van der Waals surface area contributed by atoms with Crippen LogP contribution in [0.15, 0.2) is 59.3 Å². The van der Waals surface area contributed by atoms with E-state index < -0.39 is 12.0 Å². The molecule has 1 N–H and O–H groups in total. The van der Waals surface area contributed by atoms with Crippen LogP contribution in [0.3, 0.4) is 0 Å². The van der Waals surface area contributed by atoms with Gasteiger partial charge in [-0.3, -0.25) is 0 Å². The molecule has 0 saturated carbocycles. The van der Waals surface area contributed by atoms with E-state index in [1.165, 1.54) is 0 Å². The van der Waals surface area contributed by atoms with Gasteiger partial charge in [-0.2, -0.15) is 0 Å². The number of carboxylic acids is 1. The number of carbonyl (C=O) groups is 1. The molecule has 0 radical (unpaired) electrons. The first kappa shape index (κ1) is 22.5. The highest BCUT2D eigenvalue weighted by Gasteiger charge is 2.17. The Labute approximate surface area is 192 Å². The number of nitrogens with zero attached hydrogens (tertiary/aromatic N) is 2. The standard InChI is InChI=1S/C26H28N2O5/c1-4-20-16-33-25(27-20)19-6-8-21(9-7-19)31-12-5-13-32-22-10-11-24-23(14-22)17(2)15-28(24)18(3)26(29)30/h6-11,14-16,18H,4-5,12-13H2,1-3H3,(H,29,30). The molecule has 0 aliphatic heterocycles. The molecule has 33 heavy (non-hydrogen) atoms. The van der Waals surface area contributed by atoms with E-state index >= 15 is 0 Å². The number of ether oxygens (including phenoxy) is 2. The summed E-state index contributed by atoms with van der Waals surface area (Å²) in [6, 6.07) is 12.8. The molecular weight excluding hydrogens is 420 g/mol. The number of fused-ring (bicyclic) bond motifs is 1. The molecule has 0 fully saturated rings. The lowest BCUT2D eigenvalue weighted by molar-refractivity contribution is -0.140. The van der Waals surface area contributed by atoms with Crippen LogP contribution in [-0.2, 0) is 11.2 Å². The fraction of sp³-hybridized carbons (Fsp3) is 0.308. The first-order valence-corrected chi connectivity index (χ1v) is 11.1. The Morgan fingerprint density at radius 1 is 1.12 bits per heavy atom. The second-order valence-electron chi connectivity index (χ2n) is 7.98. The maximum Gasteiger partial charge on any atom is 0.326 e. The van der Waals surface area contributed by atoms with Gasteiger partial charge in [0.1, 0.15) is 23.8 Å². The fourth-order valence-corrected chi connectivity index (χ4v) is 3.67. The minimum Gasteiger partial charge on any atom is -0.493 e. The molecule has 2 aromatic heterocycles. The highest BCUT2D eigenvalue weighted by Crippen LogP contribution is 2.28. The van der Waals surface area contributed by atoms with Crippen LogP contribution in [0.4, 0.5) is 0 Å². The molecule has 2 heterocycles. The van der Waals surface area contributed by atoms with Gasteiger partial charge in [0.15, 0.2) is 0 Å². The molecule has 0 bridgehead atoms. The largest absolute Gasteiger partial charge is 0.493 e. The summed E-state index contributed by atoms with van der Waals surface area (Å²) >= 11 is 0. The van der Waals surface area contributed by atoms with Crippen LogP contribution < -0.4 is 9.47 Å². The van der Waals surface area contributed by atoms with Gasteiger partial charge in [-0.1, -0.05) is 6.92 Å². The Bertz CT molecular complexity index is 1240. The van der Waals surface area contributed by atoms with Crippen molar-refractivity contribution in [3.8, 4) is 23.0 Å². The van der Waals surface area contributed by atoms with Crippen LogP contribution >= 0.6 is 0 Å². The molecule has 0 saturated heterocycles. The van der Waals surface area contributed by atoms with E-state index in [-0.39, 0.29) is 0 Å². The zero-order chi connectivity index (χ0) is 23.4. The predicted molar refractivity (Wildman–Crippen MR) is 126 cm³/mol. The molecule has 4 aromatic rings. The summed E-state index contributed by atoms with van der Waals surface area (Å²) in [5, 5.41) is 10.3. The van der Waals surface area contributed by atoms with Crippen molar-refractivity contribution in [1.29, 1.82) is 0 Å². The zero-order valence-corrected chi connectivity index (χ0v) is 19.1. The van der Waals surface area contributed by atoms with Crippen molar-refractivity contribution in [2.75, 3.05) is 13.2 Å². The Kier molecular flexibility index (Phi) is 6.68. The first-order chi connectivity index (χ1) is 16.0. The molecule has 7 heteroatoms. The van der Waals surface area contributed by atoms with E-state index in [4.69, 9.17) is 13.9 Å². The number of aromatic nitrogens is 2. The molecule has 1 atom stereocenters. The van der Waals surface area contributed by atoms with Gasteiger partial charge in [0.25, 0.3) is 0 Å². The lowest BCUT2D eigenvalue weighted by atomic mass is 10.2. The average molecular weight is 449 g/mol. The molecule has 2 aromatic carbocycles. The van der Waals surface area contributed by atoms with Crippen LogP contribution in [0.5, 0.6) is 11.5 Å². The summed E-state index contributed by atoms with van der Waals surface area (Å²) < 4.78 is 19.0. The van der Waals surface area contributed by atoms with Crippen molar-refractivity contribution in [1.82, 2.24) is 9.55 Å². The minimum absolute atomic E-state index is 0.519. The van der Waals surface area contributed by atoms with Crippen molar-refractivity contribution in [3.63, 3.8) is 0 Å². The molecule has 7 nitrogen and oxygen atoms in total. The van der Waals surface area contributed by atoms with E-state index in [0.29, 0.717) is 19.1 Å². The number of hydrogen-bond acceptors (Lipinski definition) is 5. The maximum atomic E-state index is 11.4. The number of hydrogen-bond donors (Lipinski definition) is 1. The third kappa shape index (κ3) is 5.03. The normalized spacial score (nSPS) is 12.1. The van der Waals surface area contributed by atoms with Crippen LogP contribution in [0.2, 0.25) is 0 Å². The summed E-state index contributed by atoms with van der Waals surface area (Å²) in [5.41, 5.74) is 3.76. The minimum atomic E-state index is -0.856. The molecular formula is C26H28N2O5.